The minimum atomic E-state index is -1.72. The molecule has 4 aromatic rings. The molecule has 0 saturated heterocycles. The molecule has 9 heteroatoms. The van der Waals surface area contributed by atoms with Crippen LogP contribution in [0, 0.1) is 13.8 Å². The van der Waals surface area contributed by atoms with Crippen LogP contribution in [0.1, 0.15) is 64.5 Å². The Hall–Kier alpha value is -3.85. The molecule has 1 atom stereocenters. The van der Waals surface area contributed by atoms with E-state index in [0.717, 1.165) is 16.1 Å². The zero-order valence-corrected chi connectivity index (χ0v) is 21.4. The highest BCUT2D eigenvalue weighted by Gasteiger charge is 2.66. The molecule has 0 aliphatic carbocycles. The van der Waals surface area contributed by atoms with Crippen molar-refractivity contribution < 1.29 is 14.0 Å². The zero-order chi connectivity index (χ0) is 25.5. The highest BCUT2D eigenvalue weighted by molar-refractivity contribution is 7.15. The van der Waals surface area contributed by atoms with Gasteiger partial charge in [0.25, 0.3) is 11.8 Å². The molecule has 0 N–H and O–H groups in total. The zero-order valence-electron chi connectivity index (χ0n) is 20.6. The molecule has 2 aliphatic heterocycles. The van der Waals surface area contributed by atoms with Gasteiger partial charge in [-0.05, 0) is 50.1 Å². The fourth-order valence-electron chi connectivity index (χ4n) is 5.28. The molecule has 0 bridgehead atoms. The predicted octanol–water partition coefficient (Wildman–Crippen LogP) is 4.66. The number of rotatable bonds is 3. The Kier molecular flexibility index (Phi) is 4.75. The highest BCUT2D eigenvalue weighted by Crippen LogP contribution is 2.54. The quantitative estimate of drug-likeness (QED) is 0.406. The van der Waals surface area contributed by atoms with Crippen molar-refractivity contribution in [3.05, 3.63) is 79.6 Å². The number of carbonyl (C=O) groups excluding carboxylic acids is 2. The fraction of sp³-hybridized carbons (Fsp3) is 0.296. The average Bonchev–Trinajstić information content (AvgIpc) is 3.50. The van der Waals surface area contributed by atoms with Gasteiger partial charge in [0, 0.05) is 18.0 Å². The van der Waals surface area contributed by atoms with Crippen LogP contribution in [0.15, 0.2) is 45.6 Å². The maximum Gasteiger partial charge on any atom is 0.297 e. The topological polar surface area (TPSA) is 96.6 Å². The molecule has 2 aliphatic rings. The molecular weight excluding hydrogens is 476 g/mol. The maximum absolute atomic E-state index is 14.4. The van der Waals surface area contributed by atoms with E-state index in [0.29, 0.717) is 28.8 Å². The lowest BCUT2D eigenvalue weighted by atomic mass is 9.84. The molecule has 182 valence electrons. The van der Waals surface area contributed by atoms with Crippen LogP contribution < -0.4 is 15.2 Å². The second-order valence-corrected chi connectivity index (χ2v) is 10.6. The first kappa shape index (κ1) is 22.6. The number of anilines is 2. The minimum absolute atomic E-state index is 0.0398. The van der Waals surface area contributed by atoms with Crippen LogP contribution in [0.5, 0.6) is 0 Å². The number of likely N-dealkylation sites (N-methyl/N-ethyl adjacent to an activating group) is 1. The summed E-state index contributed by atoms with van der Waals surface area (Å²) in [7, 11) is 0. The lowest BCUT2D eigenvalue weighted by molar-refractivity contribution is -0.121. The van der Waals surface area contributed by atoms with Crippen LogP contribution in [-0.4, -0.2) is 28.6 Å². The van der Waals surface area contributed by atoms with Crippen molar-refractivity contribution >= 4 is 44.9 Å². The molecule has 1 spiro atoms. The molecule has 2 aromatic heterocycles. The van der Waals surface area contributed by atoms with E-state index in [1.165, 1.54) is 16.2 Å². The molecule has 2 amide bonds. The van der Waals surface area contributed by atoms with Crippen LogP contribution in [0.3, 0.4) is 0 Å². The second kappa shape index (κ2) is 7.57. The first-order valence-corrected chi connectivity index (χ1v) is 12.7. The van der Waals surface area contributed by atoms with Crippen molar-refractivity contribution in [2.24, 2.45) is 0 Å². The number of fused-ring (bicyclic) bond motifs is 5. The smallest absolute Gasteiger partial charge is 0.297 e. The molecule has 1 unspecified atom stereocenters. The van der Waals surface area contributed by atoms with E-state index in [1.807, 2.05) is 52.8 Å². The van der Waals surface area contributed by atoms with E-state index in [1.54, 1.807) is 23.1 Å². The van der Waals surface area contributed by atoms with Crippen LogP contribution >= 0.6 is 11.3 Å². The van der Waals surface area contributed by atoms with Crippen molar-refractivity contribution in [1.29, 1.82) is 0 Å². The van der Waals surface area contributed by atoms with Gasteiger partial charge in [-0.3, -0.25) is 19.3 Å². The molecule has 4 heterocycles. The number of para-hydroxylation sites is 1. The van der Waals surface area contributed by atoms with E-state index in [9.17, 15) is 14.4 Å². The normalized spacial score (nSPS) is 18.7. The summed E-state index contributed by atoms with van der Waals surface area (Å²) in [5.74, 6) is -0.998. The molecule has 2 aromatic carbocycles. The number of hydrogen-bond donors (Lipinski definition) is 0. The summed E-state index contributed by atoms with van der Waals surface area (Å²) in [6.45, 7) is 10.0. The largest absolute Gasteiger partial charge is 0.450 e. The number of aryl methyl sites for hydroxylation is 2. The van der Waals surface area contributed by atoms with Crippen molar-refractivity contribution in [3.8, 4) is 0 Å². The third-order valence-corrected chi connectivity index (χ3v) is 8.38. The Morgan fingerprint density at radius 3 is 2.47 bits per heavy atom. The molecule has 0 radical (unpaired) electrons. The fourth-order valence-corrected chi connectivity index (χ4v) is 6.18. The van der Waals surface area contributed by atoms with Gasteiger partial charge in [0.2, 0.25) is 10.9 Å². The van der Waals surface area contributed by atoms with Crippen molar-refractivity contribution in [2.75, 3.05) is 16.3 Å². The number of hydrogen-bond acceptors (Lipinski definition) is 7. The average molecular weight is 501 g/mol. The lowest BCUT2D eigenvalue weighted by Crippen LogP contribution is -2.53. The van der Waals surface area contributed by atoms with Gasteiger partial charge in [0.1, 0.15) is 10.6 Å². The Bertz CT molecular complexity index is 1670. The molecule has 36 heavy (non-hydrogen) atoms. The summed E-state index contributed by atoms with van der Waals surface area (Å²) >= 11 is 1.24. The standard InChI is InChI=1S/C27H24N4O4S/c1-6-30-18-10-8-7-9-17(18)27(25(30)34)20-21(32)16-11-14(4)15(5)12-19(16)35-22(20)24(33)31(27)26-29-28-23(36-26)13(2)3/h7-13H,6H2,1-5H3. The van der Waals surface area contributed by atoms with E-state index in [4.69, 9.17) is 4.42 Å². The van der Waals surface area contributed by atoms with Crippen LogP contribution in [0.4, 0.5) is 10.8 Å². The van der Waals surface area contributed by atoms with E-state index < -0.39 is 11.4 Å². The summed E-state index contributed by atoms with van der Waals surface area (Å²) in [6.07, 6.45) is 0. The molecule has 0 fully saturated rings. The summed E-state index contributed by atoms with van der Waals surface area (Å²) in [6, 6.07) is 10.8. The van der Waals surface area contributed by atoms with E-state index in [2.05, 4.69) is 10.2 Å². The van der Waals surface area contributed by atoms with Crippen LogP contribution in [0.25, 0.3) is 11.0 Å². The van der Waals surface area contributed by atoms with Gasteiger partial charge in [-0.1, -0.05) is 43.4 Å². The van der Waals surface area contributed by atoms with E-state index in [-0.39, 0.29) is 33.7 Å². The second-order valence-electron chi connectivity index (χ2n) is 9.56. The third kappa shape index (κ3) is 2.66. The molecule has 0 saturated carbocycles. The highest BCUT2D eigenvalue weighted by atomic mass is 32.1. The van der Waals surface area contributed by atoms with Gasteiger partial charge < -0.3 is 9.32 Å². The monoisotopic (exact) mass is 500 g/mol. The number of nitrogens with zero attached hydrogens (tertiary/aromatic N) is 4. The number of amides is 2. The van der Waals surface area contributed by atoms with Gasteiger partial charge >= 0.3 is 0 Å². The van der Waals surface area contributed by atoms with Gasteiger partial charge in [0.15, 0.2) is 11.0 Å². The van der Waals surface area contributed by atoms with Crippen LogP contribution in [-0.2, 0) is 10.3 Å². The van der Waals surface area contributed by atoms with Gasteiger partial charge in [-0.15, -0.1) is 10.2 Å². The van der Waals surface area contributed by atoms with E-state index >= 15 is 0 Å². The summed E-state index contributed by atoms with van der Waals surface area (Å²) in [4.78, 5) is 45.6. The first-order valence-electron chi connectivity index (χ1n) is 11.9. The third-order valence-electron chi connectivity index (χ3n) is 7.17. The Balaban J connectivity index is 1.77. The number of carbonyl (C=O) groups is 2. The van der Waals surface area contributed by atoms with Crippen molar-refractivity contribution in [3.63, 3.8) is 0 Å². The molecule has 6 rings (SSSR count). The van der Waals surface area contributed by atoms with Crippen LogP contribution in [0.2, 0.25) is 0 Å². The molecular formula is C27H24N4O4S. The van der Waals surface area contributed by atoms with Gasteiger partial charge in [-0.25, -0.2) is 0 Å². The number of benzene rings is 2. The maximum atomic E-state index is 14.4. The SMILES string of the molecule is CCN1C(=O)C2(c3ccccc31)c1c(oc3cc(C)c(C)cc3c1=O)C(=O)N2c1nnc(C(C)C)s1. The Labute approximate surface area is 211 Å². The molecule has 8 nitrogen and oxygen atoms in total. The van der Waals surface area contributed by atoms with Crippen molar-refractivity contribution in [2.45, 2.75) is 46.1 Å². The van der Waals surface area contributed by atoms with Crippen molar-refractivity contribution in [1.82, 2.24) is 10.2 Å². The Morgan fingerprint density at radius 1 is 1.06 bits per heavy atom. The van der Waals surface area contributed by atoms with Gasteiger partial charge in [-0.2, -0.15) is 0 Å². The first-order chi connectivity index (χ1) is 17.2. The summed E-state index contributed by atoms with van der Waals surface area (Å²) < 4.78 is 6.15. The minimum Gasteiger partial charge on any atom is -0.450 e. The Morgan fingerprint density at radius 2 is 1.78 bits per heavy atom. The lowest BCUT2D eigenvalue weighted by Gasteiger charge is -2.31. The van der Waals surface area contributed by atoms with Gasteiger partial charge in [0.05, 0.1) is 16.6 Å². The predicted molar refractivity (Wildman–Crippen MR) is 138 cm³/mol. The summed E-state index contributed by atoms with van der Waals surface area (Å²) in [5.41, 5.74) is 1.32. The summed E-state index contributed by atoms with van der Waals surface area (Å²) in [5, 5.41) is 9.91. The number of aromatic nitrogens is 2.